The third-order valence-corrected chi connectivity index (χ3v) is 6.31. The number of aromatic nitrogens is 2. The van der Waals surface area contributed by atoms with E-state index in [1.165, 1.54) is 4.88 Å². The number of amides is 1. The van der Waals surface area contributed by atoms with E-state index in [0.29, 0.717) is 23.3 Å². The van der Waals surface area contributed by atoms with E-state index in [4.69, 9.17) is 5.73 Å². The molecule has 2 aromatic heterocycles. The van der Waals surface area contributed by atoms with Gasteiger partial charge < -0.3 is 16.0 Å². The number of rotatable bonds is 3. The zero-order valence-corrected chi connectivity index (χ0v) is 15.1. The number of carbonyl (C=O) groups is 1. The molecule has 0 saturated carbocycles. The number of aromatic amines is 1. The van der Waals surface area contributed by atoms with Crippen LogP contribution in [-0.4, -0.2) is 22.4 Å². The highest BCUT2D eigenvalue weighted by Gasteiger charge is 2.23. The summed E-state index contributed by atoms with van der Waals surface area (Å²) in [5, 5.41) is 3.63. The summed E-state index contributed by atoms with van der Waals surface area (Å²) in [6.45, 7) is 0.671. The Labute approximate surface area is 143 Å². The number of nitrogens with zero attached hydrogens (tertiary/aromatic N) is 1. The maximum Gasteiger partial charge on any atom is 0.267 e. The molecule has 1 unspecified atom stereocenters. The summed E-state index contributed by atoms with van der Waals surface area (Å²) in [6, 6.07) is 1.77. The molecule has 0 fully saturated rings. The molecule has 1 aliphatic rings. The summed E-state index contributed by atoms with van der Waals surface area (Å²) in [7, 11) is 0. The van der Waals surface area contributed by atoms with Gasteiger partial charge in [0, 0.05) is 11.4 Å². The number of H-pyrrole nitrogens is 1. The molecule has 0 spiro atoms. The average molecular weight is 434 g/mol. The van der Waals surface area contributed by atoms with Gasteiger partial charge in [0.2, 0.25) is 0 Å². The molecule has 1 amide bonds. The molecule has 1 aliphatic carbocycles. The molecule has 8 heteroatoms. The molecule has 2 heterocycles. The van der Waals surface area contributed by atoms with Crippen molar-refractivity contribution in [1.82, 2.24) is 15.3 Å². The van der Waals surface area contributed by atoms with Gasteiger partial charge in [-0.1, -0.05) is 0 Å². The second kappa shape index (κ2) is 6.10. The molecule has 5 nitrogen and oxygen atoms in total. The molecule has 0 aromatic carbocycles. The van der Waals surface area contributed by atoms with Crippen molar-refractivity contribution in [2.75, 3.05) is 12.3 Å². The van der Waals surface area contributed by atoms with Gasteiger partial charge in [0.25, 0.3) is 5.91 Å². The van der Waals surface area contributed by atoms with Gasteiger partial charge in [0.05, 0.1) is 14.8 Å². The topological polar surface area (TPSA) is 83.8 Å². The van der Waals surface area contributed by atoms with E-state index in [9.17, 15) is 4.79 Å². The van der Waals surface area contributed by atoms with E-state index in [-0.39, 0.29) is 5.91 Å². The first kappa shape index (κ1) is 15.1. The van der Waals surface area contributed by atoms with Gasteiger partial charge in [-0.3, -0.25) is 4.79 Å². The zero-order valence-electron chi connectivity index (χ0n) is 11.1. The second-order valence-electron chi connectivity index (χ2n) is 5.09. The lowest BCUT2D eigenvalue weighted by atomic mass is 9.91. The van der Waals surface area contributed by atoms with Gasteiger partial charge >= 0.3 is 0 Å². The van der Waals surface area contributed by atoms with Crippen LogP contribution in [0.2, 0.25) is 0 Å². The lowest BCUT2D eigenvalue weighted by Gasteiger charge is -2.21. The minimum absolute atomic E-state index is 0.0870. The predicted molar refractivity (Wildman–Crippen MR) is 90.6 cm³/mol. The Kier molecular flexibility index (Phi) is 4.37. The quantitative estimate of drug-likeness (QED) is 0.695. The zero-order chi connectivity index (χ0) is 15.0. The van der Waals surface area contributed by atoms with Crippen LogP contribution in [0.5, 0.6) is 0 Å². The molecule has 0 radical (unpaired) electrons. The number of nitrogens with one attached hydrogen (secondary N) is 2. The largest absolute Gasteiger partial charge is 0.375 e. The number of nitrogen functional groups attached to an aromatic ring is 1. The lowest BCUT2D eigenvalue weighted by molar-refractivity contribution is 0.0941. The van der Waals surface area contributed by atoms with Gasteiger partial charge in [-0.2, -0.15) is 0 Å². The normalized spacial score (nSPS) is 17.5. The molecule has 0 saturated heterocycles. The molecule has 4 N–H and O–H groups in total. The fourth-order valence-corrected chi connectivity index (χ4v) is 4.15. The molecule has 2 aromatic rings. The summed E-state index contributed by atoms with van der Waals surface area (Å²) >= 11 is 8.25. The first-order valence-corrected chi connectivity index (χ1v) is 8.99. The monoisotopic (exact) mass is 432 g/mol. The molecule has 0 aliphatic heterocycles. The Bertz CT molecular complexity index is 662. The second-order valence-corrected chi connectivity index (χ2v) is 7.85. The average Bonchev–Trinajstić information content (AvgIpc) is 2.98. The van der Waals surface area contributed by atoms with E-state index >= 15 is 0 Å². The number of anilines is 1. The van der Waals surface area contributed by atoms with Gasteiger partial charge in [-0.15, -0.1) is 11.3 Å². The summed E-state index contributed by atoms with van der Waals surface area (Å²) < 4.78 is 1.62. The van der Waals surface area contributed by atoms with Crippen molar-refractivity contribution in [2.24, 2.45) is 5.92 Å². The maximum absolute atomic E-state index is 12.1. The van der Waals surface area contributed by atoms with Gasteiger partial charge in [-0.25, -0.2) is 4.98 Å². The molecule has 112 valence electrons. The van der Waals surface area contributed by atoms with Crippen LogP contribution in [-0.2, 0) is 12.8 Å². The first-order valence-electron chi connectivity index (χ1n) is 6.59. The van der Waals surface area contributed by atoms with E-state index in [1.807, 2.05) is 0 Å². The number of fused-ring (bicyclic) bond motifs is 1. The third-order valence-electron chi connectivity index (χ3n) is 3.58. The number of thiazole rings is 1. The van der Waals surface area contributed by atoms with E-state index < -0.39 is 0 Å². The Morgan fingerprint density at radius 2 is 2.38 bits per heavy atom. The van der Waals surface area contributed by atoms with Crippen molar-refractivity contribution < 1.29 is 4.79 Å². The molecular formula is C13H14Br2N4OS. The van der Waals surface area contributed by atoms with Crippen LogP contribution in [0.1, 0.15) is 27.5 Å². The Morgan fingerprint density at radius 1 is 1.57 bits per heavy atom. The standard InChI is InChI=1S/C13H14Br2N4OS/c14-7-4-9(18-11(7)15)12(20)17-5-6-1-2-8-10(3-6)21-13(16)19-8/h4,6,18H,1-3,5H2,(H2,16,19)(H,17,20). The van der Waals surface area contributed by atoms with Crippen molar-refractivity contribution in [3.63, 3.8) is 0 Å². The summed E-state index contributed by atoms with van der Waals surface area (Å²) in [4.78, 5) is 20.7. The Balaban J connectivity index is 1.57. The highest BCUT2D eigenvalue weighted by Crippen LogP contribution is 2.30. The number of nitrogens with two attached hydrogens (primary N) is 1. The van der Waals surface area contributed by atoms with Crippen LogP contribution in [0.15, 0.2) is 15.1 Å². The van der Waals surface area contributed by atoms with Gasteiger partial charge in [-0.05, 0) is 63.1 Å². The number of halogens is 2. The Hall–Kier alpha value is -0.860. The van der Waals surface area contributed by atoms with Crippen molar-refractivity contribution >= 4 is 54.2 Å². The molecule has 1 atom stereocenters. The van der Waals surface area contributed by atoms with Crippen LogP contribution < -0.4 is 11.1 Å². The first-order chi connectivity index (χ1) is 10.0. The van der Waals surface area contributed by atoms with Crippen LogP contribution >= 0.6 is 43.2 Å². The van der Waals surface area contributed by atoms with Crippen LogP contribution in [0, 0.1) is 5.92 Å². The number of hydrogen-bond acceptors (Lipinski definition) is 4. The number of aryl methyl sites for hydroxylation is 1. The maximum atomic E-state index is 12.1. The van der Waals surface area contributed by atoms with Crippen molar-refractivity contribution in [1.29, 1.82) is 0 Å². The highest BCUT2D eigenvalue weighted by atomic mass is 79.9. The molecule has 0 bridgehead atoms. The molecule has 3 rings (SSSR count). The van der Waals surface area contributed by atoms with Crippen molar-refractivity contribution in [3.05, 3.63) is 31.4 Å². The van der Waals surface area contributed by atoms with Crippen molar-refractivity contribution in [3.8, 4) is 0 Å². The molecule has 21 heavy (non-hydrogen) atoms. The van der Waals surface area contributed by atoms with Crippen LogP contribution in [0.3, 0.4) is 0 Å². The smallest absolute Gasteiger partial charge is 0.267 e. The predicted octanol–water partition coefficient (Wildman–Crippen LogP) is 3.11. The Morgan fingerprint density at radius 3 is 3.10 bits per heavy atom. The summed E-state index contributed by atoms with van der Waals surface area (Å²) in [6.07, 6.45) is 2.93. The van der Waals surface area contributed by atoms with Crippen LogP contribution in [0.4, 0.5) is 5.13 Å². The van der Waals surface area contributed by atoms with E-state index in [0.717, 1.165) is 34.0 Å². The van der Waals surface area contributed by atoms with Crippen LogP contribution in [0.25, 0.3) is 0 Å². The third kappa shape index (κ3) is 3.32. The SMILES string of the molecule is Nc1nc2c(s1)CC(CNC(=O)c1cc(Br)c(Br)[nH]1)CC2. The summed E-state index contributed by atoms with van der Waals surface area (Å²) in [5.41, 5.74) is 7.43. The molecular weight excluding hydrogens is 420 g/mol. The fourth-order valence-electron chi connectivity index (χ4n) is 2.50. The fraction of sp³-hybridized carbons (Fsp3) is 0.385. The van der Waals surface area contributed by atoms with Crippen molar-refractivity contribution in [2.45, 2.75) is 19.3 Å². The summed E-state index contributed by atoms with van der Waals surface area (Å²) in [5.74, 6) is 0.360. The number of hydrogen-bond donors (Lipinski definition) is 3. The number of carbonyl (C=O) groups excluding carboxylic acids is 1. The minimum atomic E-state index is -0.0870. The minimum Gasteiger partial charge on any atom is -0.375 e. The lowest BCUT2D eigenvalue weighted by Crippen LogP contribution is -2.31. The van der Waals surface area contributed by atoms with Gasteiger partial charge in [0.15, 0.2) is 5.13 Å². The van der Waals surface area contributed by atoms with Gasteiger partial charge in [0.1, 0.15) is 5.69 Å². The van der Waals surface area contributed by atoms with E-state index in [2.05, 4.69) is 47.1 Å². The van der Waals surface area contributed by atoms with E-state index in [1.54, 1.807) is 17.4 Å². The highest BCUT2D eigenvalue weighted by molar-refractivity contribution is 9.13.